The largest absolute Gasteiger partial charge is 0.480 e. The molecule has 0 aliphatic heterocycles. The van der Waals surface area contributed by atoms with E-state index >= 15 is 0 Å². The van der Waals surface area contributed by atoms with Crippen molar-refractivity contribution in [1.29, 1.82) is 0 Å². The third-order valence-electron chi connectivity index (χ3n) is 2.77. The molecule has 1 rings (SSSR count). The predicted octanol–water partition coefficient (Wildman–Crippen LogP) is 1.01. The molecule has 0 spiro atoms. The van der Waals surface area contributed by atoms with Crippen LogP contribution >= 0.6 is 0 Å². The Morgan fingerprint density at radius 1 is 1.17 bits per heavy atom. The molecule has 1 unspecified atom stereocenters. The summed E-state index contributed by atoms with van der Waals surface area (Å²) < 4.78 is 49.5. The lowest BCUT2D eigenvalue weighted by Crippen LogP contribution is -2.47. The molecular formula is C14H14F4N2O4. The molecule has 3 N–H and O–H groups in total. The Kier molecular flexibility index (Phi) is 6.69. The highest BCUT2D eigenvalue weighted by molar-refractivity contribution is 5.88. The maximum absolute atomic E-state index is 12.9. The number of halogens is 4. The van der Waals surface area contributed by atoms with Gasteiger partial charge in [0.25, 0.3) is 0 Å². The lowest BCUT2D eigenvalue weighted by Gasteiger charge is -2.16. The zero-order chi connectivity index (χ0) is 18.3. The summed E-state index contributed by atoms with van der Waals surface area (Å²) in [6.07, 6.45) is -6.74. The Morgan fingerprint density at radius 3 is 2.38 bits per heavy atom. The van der Waals surface area contributed by atoms with Crippen molar-refractivity contribution in [3.8, 4) is 0 Å². The lowest BCUT2D eigenvalue weighted by molar-refractivity contribution is -0.159. The molecule has 1 aromatic rings. The van der Waals surface area contributed by atoms with Gasteiger partial charge in [0.2, 0.25) is 11.8 Å². The van der Waals surface area contributed by atoms with E-state index in [0.29, 0.717) is 5.56 Å². The van der Waals surface area contributed by atoms with E-state index < -0.39 is 48.8 Å². The number of benzene rings is 1. The van der Waals surface area contributed by atoms with E-state index in [1.165, 1.54) is 18.2 Å². The number of carboxylic acids is 1. The van der Waals surface area contributed by atoms with Crippen molar-refractivity contribution < 1.29 is 37.1 Å². The zero-order valence-electron chi connectivity index (χ0n) is 12.2. The summed E-state index contributed by atoms with van der Waals surface area (Å²) >= 11 is 0. The standard InChI is InChI=1S/C14H14F4N2O4/c15-9-3-1-2-8(4-9)5-11(21)19-7-12(22)20-10(13(23)24)6-14(16,17)18/h1-4,10H,5-7H2,(H,19,21)(H,20,22)(H,23,24). The molecule has 2 amide bonds. The van der Waals surface area contributed by atoms with E-state index in [1.54, 1.807) is 5.32 Å². The molecule has 1 aromatic carbocycles. The highest BCUT2D eigenvalue weighted by Gasteiger charge is 2.36. The third kappa shape index (κ3) is 7.56. The van der Waals surface area contributed by atoms with E-state index in [9.17, 15) is 31.9 Å². The van der Waals surface area contributed by atoms with Gasteiger partial charge in [-0.3, -0.25) is 9.59 Å². The Balaban J connectivity index is 2.46. The third-order valence-corrected chi connectivity index (χ3v) is 2.77. The number of nitrogens with one attached hydrogen (secondary N) is 2. The molecule has 24 heavy (non-hydrogen) atoms. The number of hydrogen-bond acceptors (Lipinski definition) is 3. The molecule has 0 fully saturated rings. The molecule has 6 nitrogen and oxygen atoms in total. The van der Waals surface area contributed by atoms with Gasteiger partial charge < -0.3 is 15.7 Å². The van der Waals surface area contributed by atoms with Crippen LogP contribution in [-0.4, -0.2) is 41.7 Å². The van der Waals surface area contributed by atoms with Crippen LogP contribution in [0.5, 0.6) is 0 Å². The molecule has 0 radical (unpaired) electrons. The van der Waals surface area contributed by atoms with Gasteiger partial charge in [0, 0.05) is 0 Å². The second-order valence-corrected chi connectivity index (χ2v) is 4.86. The molecule has 0 aromatic heterocycles. The fraction of sp³-hybridized carbons (Fsp3) is 0.357. The number of rotatable bonds is 7. The van der Waals surface area contributed by atoms with Crippen LogP contribution in [0.4, 0.5) is 17.6 Å². The van der Waals surface area contributed by atoms with Crippen LogP contribution in [0, 0.1) is 5.82 Å². The molecule has 132 valence electrons. The minimum Gasteiger partial charge on any atom is -0.480 e. The van der Waals surface area contributed by atoms with Crippen molar-refractivity contribution >= 4 is 17.8 Å². The SMILES string of the molecule is O=C(Cc1cccc(F)c1)NCC(=O)NC(CC(F)(F)F)C(=O)O. The van der Waals surface area contributed by atoms with Gasteiger partial charge in [0.15, 0.2) is 0 Å². The topological polar surface area (TPSA) is 95.5 Å². The molecule has 10 heteroatoms. The number of carbonyl (C=O) groups is 3. The van der Waals surface area contributed by atoms with Gasteiger partial charge in [-0.2, -0.15) is 13.2 Å². The van der Waals surface area contributed by atoms with Gasteiger partial charge in [0.05, 0.1) is 19.4 Å². The molecule has 0 bridgehead atoms. The zero-order valence-corrected chi connectivity index (χ0v) is 12.2. The number of aliphatic carboxylic acids is 1. The summed E-state index contributed by atoms with van der Waals surface area (Å²) in [5.41, 5.74) is 0.341. The average molecular weight is 350 g/mol. The van der Waals surface area contributed by atoms with Crippen LogP contribution in [0.2, 0.25) is 0 Å². The molecule has 0 saturated heterocycles. The Labute approximate surface area is 133 Å². The first-order valence-electron chi connectivity index (χ1n) is 6.67. The van der Waals surface area contributed by atoms with Crippen molar-refractivity contribution in [1.82, 2.24) is 10.6 Å². The van der Waals surface area contributed by atoms with Gasteiger partial charge in [-0.05, 0) is 17.7 Å². The maximum atomic E-state index is 12.9. The van der Waals surface area contributed by atoms with E-state index in [-0.39, 0.29) is 6.42 Å². The summed E-state index contributed by atoms with van der Waals surface area (Å²) in [5.74, 6) is -4.14. The molecule has 0 aliphatic carbocycles. The summed E-state index contributed by atoms with van der Waals surface area (Å²) in [5, 5.41) is 12.4. The quantitative estimate of drug-likeness (QED) is 0.640. The van der Waals surface area contributed by atoms with Crippen LogP contribution in [0.15, 0.2) is 24.3 Å². The van der Waals surface area contributed by atoms with Gasteiger partial charge in [-0.15, -0.1) is 0 Å². The Bertz CT molecular complexity index is 619. The van der Waals surface area contributed by atoms with Crippen molar-refractivity contribution in [2.75, 3.05) is 6.54 Å². The average Bonchev–Trinajstić information content (AvgIpc) is 2.43. The lowest BCUT2D eigenvalue weighted by atomic mass is 10.1. The second-order valence-electron chi connectivity index (χ2n) is 4.86. The summed E-state index contributed by atoms with van der Waals surface area (Å²) in [4.78, 5) is 33.7. The minimum atomic E-state index is -4.77. The summed E-state index contributed by atoms with van der Waals surface area (Å²) in [6.45, 7) is -0.699. The monoisotopic (exact) mass is 350 g/mol. The number of amides is 2. The number of carbonyl (C=O) groups excluding carboxylic acids is 2. The molecule has 0 heterocycles. The van der Waals surface area contributed by atoms with Crippen LogP contribution in [0.1, 0.15) is 12.0 Å². The van der Waals surface area contributed by atoms with E-state index in [1.807, 2.05) is 0 Å². The normalized spacial score (nSPS) is 12.3. The first-order chi connectivity index (χ1) is 11.1. The fourth-order valence-electron chi connectivity index (χ4n) is 1.75. The van der Waals surface area contributed by atoms with Gasteiger partial charge >= 0.3 is 12.1 Å². The van der Waals surface area contributed by atoms with Gasteiger partial charge in [-0.25, -0.2) is 9.18 Å². The predicted molar refractivity (Wildman–Crippen MR) is 73.4 cm³/mol. The van der Waals surface area contributed by atoms with Crippen LogP contribution in [0.3, 0.4) is 0 Å². The Morgan fingerprint density at radius 2 is 1.83 bits per heavy atom. The first-order valence-corrected chi connectivity index (χ1v) is 6.67. The molecule has 0 aliphatic rings. The Hall–Kier alpha value is -2.65. The van der Waals surface area contributed by atoms with Crippen LogP contribution in [-0.2, 0) is 20.8 Å². The van der Waals surface area contributed by atoms with Crippen LogP contribution in [0.25, 0.3) is 0 Å². The number of carboxylic acid groups (broad SMARTS) is 1. The van der Waals surface area contributed by atoms with Crippen molar-refractivity contribution in [2.24, 2.45) is 0 Å². The minimum absolute atomic E-state index is 0.240. The van der Waals surface area contributed by atoms with Crippen molar-refractivity contribution in [2.45, 2.75) is 25.1 Å². The van der Waals surface area contributed by atoms with Crippen LogP contribution < -0.4 is 10.6 Å². The smallest absolute Gasteiger partial charge is 0.391 e. The molecule has 0 saturated carbocycles. The van der Waals surface area contributed by atoms with E-state index in [4.69, 9.17) is 5.11 Å². The second kappa shape index (κ2) is 8.27. The summed E-state index contributed by atoms with van der Waals surface area (Å²) in [6, 6.07) is 3.02. The maximum Gasteiger partial charge on any atom is 0.391 e. The number of alkyl halides is 3. The van der Waals surface area contributed by atoms with Crippen molar-refractivity contribution in [3.05, 3.63) is 35.6 Å². The fourth-order valence-corrected chi connectivity index (χ4v) is 1.75. The van der Waals surface area contributed by atoms with Gasteiger partial charge in [0.1, 0.15) is 11.9 Å². The van der Waals surface area contributed by atoms with Gasteiger partial charge in [-0.1, -0.05) is 12.1 Å². The summed E-state index contributed by atoms with van der Waals surface area (Å²) in [7, 11) is 0. The van der Waals surface area contributed by atoms with E-state index in [2.05, 4.69) is 5.32 Å². The van der Waals surface area contributed by atoms with E-state index in [0.717, 1.165) is 6.07 Å². The molecular weight excluding hydrogens is 336 g/mol. The van der Waals surface area contributed by atoms with Crippen molar-refractivity contribution in [3.63, 3.8) is 0 Å². The number of hydrogen-bond donors (Lipinski definition) is 3. The highest BCUT2D eigenvalue weighted by atomic mass is 19.4. The molecule has 1 atom stereocenters. The first kappa shape index (κ1) is 19.4. The highest BCUT2D eigenvalue weighted by Crippen LogP contribution is 2.21.